The van der Waals surface area contributed by atoms with E-state index in [4.69, 9.17) is 14.6 Å². The molecule has 4 N–H and O–H groups in total. The molecule has 2 unspecified atom stereocenters. The van der Waals surface area contributed by atoms with Crippen LogP contribution in [0.5, 0.6) is 0 Å². The van der Waals surface area contributed by atoms with Crippen molar-refractivity contribution in [1.82, 2.24) is 0 Å². The molecule has 1 heterocycles. The Balaban J connectivity index is 2.57. The Morgan fingerprint density at radius 3 is 2.33 bits per heavy atom. The number of hydrogen-bond acceptors (Lipinski definition) is 7. The molecule has 0 aliphatic carbocycles. The molecule has 6 nitrogen and oxygen atoms in total. The SMILES string of the molecule is OCC1O[C@@H](OCCS)C(O)[C@@H](O)[C@@H]1O. The summed E-state index contributed by atoms with van der Waals surface area (Å²) >= 11 is 3.91. The van der Waals surface area contributed by atoms with Crippen LogP contribution in [0.4, 0.5) is 0 Å². The largest absolute Gasteiger partial charge is 0.394 e. The van der Waals surface area contributed by atoms with Gasteiger partial charge < -0.3 is 29.9 Å². The van der Waals surface area contributed by atoms with Crippen LogP contribution in [0, 0.1) is 0 Å². The summed E-state index contributed by atoms with van der Waals surface area (Å²) in [5, 5.41) is 37.2. The summed E-state index contributed by atoms with van der Waals surface area (Å²) in [6.45, 7) is -0.211. The van der Waals surface area contributed by atoms with Gasteiger partial charge in [-0.15, -0.1) is 0 Å². The zero-order valence-corrected chi connectivity index (χ0v) is 8.96. The van der Waals surface area contributed by atoms with E-state index in [1.807, 2.05) is 0 Å². The van der Waals surface area contributed by atoms with Gasteiger partial charge in [-0.25, -0.2) is 0 Å². The van der Waals surface area contributed by atoms with E-state index in [1.54, 1.807) is 0 Å². The summed E-state index contributed by atoms with van der Waals surface area (Å²) in [5.41, 5.74) is 0. The zero-order chi connectivity index (χ0) is 11.4. The van der Waals surface area contributed by atoms with Gasteiger partial charge in [0.05, 0.1) is 13.2 Å². The Bertz CT molecular complexity index is 190. The molecule has 1 aliphatic heterocycles. The Labute approximate surface area is 92.8 Å². The number of hydrogen-bond donors (Lipinski definition) is 5. The van der Waals surface area contributed by atoms with E-state index < -0.39 is 37.3 Å². The van der Waals surface area contributed by atoms with Crippen LogP contribution >= 0.6 is 12.6 Å². The lowest BCUT2D eigenvalue weighted by atomic mass is 9.99. The van der Waals surface area contributed by atoms with Crippen LogP contribution in [0.3, 0.4) is 0 Å². The van der Waals surface area contributed by atoms with E-state index in [-0.39, 0.29) is 6.61 Å². The first-order valence-electron chi connectivity index (χ1n) is 4.64. The molecule has 1 aliphatic rings. The number of rotatable bonds is 4. The van der Waals surface area contributed by atoms with Crippen molar-refractivity contribution in [2.24, 2.45) is 0 Å². The topological polar surface area (TPSA) is 99.4 Å². The molecule has 0 radical (unpaired) electrons. The van der Waals surface area contributed by atoms with Crippen molar-refractivity contribution in [1.29, 1.82) is 0 Å². The number of aliphatic hydroxyl groups is 4. The number of ether oxygens (including phenoxy) is 2. The standard InChI is InChI=1S/C8H16O6S/c9-3-4-5(10)6(11)7(12)8(14-4)13-1-2-15/h4-12,15H,1-3H2/t4?,5-,6+,7?,8-/m1/s1. The van der Waals surface area contributed by atoms with Crippen LogP contribution in [0.1, 0.15) is 0 Å². The van der Waals surface area contributed by atoms with Gasteiger partial charge in [0.25, 0.3) is 0 Å². The van der Waals surface area contributed by atoms with E-state index in [9.17, 15) is 15.3 Å². The lowest BCUT2D eigenvalue weighted by Crippen LogP contribution is -2.59. The maximum absolute atomic E-state index is 9.48. The van der Waals surface area contributed by atoms with E-state index >= 15 is 0 Å². The minimum Gasteiger partial charge on any atom is -0.394 e. The minimum absolute atomic E-state index is 0.242. The molecule has 5 atom stereocenters. The Morgan fingerprint density at radius 2 is 1.80 bits per heavy atom. The third kappa shape index (κ3) is 3.04. The van der Waals surface area contributed by atoms with Crippen molar-refractivity contribution >= 4 is 12.6 Å². The summed E-state index contributed by atoms with van der Waals surface area (Å²) in [4.78, 5) is 0. The van der Waals surface area contributed by atoms with Gasteiger partial charge in [-0.3, -0.25) is 0 Å². The Kier molecular flexibility index (Phi) is 5.27. The first-order chi connectivity index (χ1) is 7.11. The molecule has 1 rings (SSSR count). The van der Waals surface area contributed by atoms with Crippen LogP contribution < -0.4 is 0 Å². The van der Waals surface area contributed by atoms with Crippen molar-refractivity contribution in [2.45, 2.75) is 30.7 Å². The van der Waals surface area contributed by atoms with Gasteiger partial charge in [0.15, 0.2) is 6.29 Å². The highest BCUT2D eigenvalue weighted by Gasteiger charge is 2.43. The average Bonchev–Trinajstić information content (AvgIpc) is 2.25. The first kappa shape index (κ1) is 13.2. The quantitative estimate of drug-likeness (QED) is 0.355. The second kappa shape index (κ2) is 6.00. The van der Waals surface area contributed by atoms with E-state index in [1.165, 1.54) is 0 Å². The molecule has 0 saturated carbocycles. The highest BCUT2D eigenvalue weighted by molar-refractivity contribution is 7.80. The summed E-state index contributed by atoms with van der Waals surface area (Å²) in [7, 11) is 0. The van der Waals surface area contributed by atoms with Crippen LogP contribution in [0.25, 0.3) is 0 Å². The van der Waals surface area contributed by atoms with Gasteiger partial charge in [-0.05, 0) is 0 Å². The molecule has 7 heteroatoms. The molecule has 0 amide bonds. The molecule has 1 saturated heterocycles. The van der Waals surface area contributed by atoms with Crippen molar-refractivity contribution in [3.8, 4) is 0 Å². The molecule has 1 fully saturated rings. The van der Waals surface area contributed by atoms with Crippen LogP contribution in [-0.2, 0) is 9.47 Å². The van der Waals surface area contributed by atoms with Gasteiger partial charge in [0.2, 0.25) is 0 Å². The fourth-order valence-corrected chi connectivity index (χ4v) is 1.48. The predicted molar refractivity (Wildman–Crippen MR) is 53.6 cm³/mol. The lowest BCUT2D eigenvalue weighted by Gasteiger charge is -2.39. The summed E-state index contributed by atoms with van der Waals surface area (Å²) in [6.07, 6.45) is -6.04. The van der Waals surface area contributed by atoms with Crippen molar-refractivity contribution in [3.63, 3.8) is 0 Å². The van der Waals surface area contributed by atoms with Gasteiger partial charge in [0, 0.05) is 5.75 Å². The molecule has 0 bridgehead atoms. The van der Waals surface area contributed by atoms with Crippen molar-refractivity contribution in [3.05, 3.63) is 0 Å². The first-order valence-corrected chi connectivity index (χ1v) is 5.28. The molecule has 0 aromatic rings. The summed E-state index contributed by atoms with van der Waals surface area (Å²) < 4.78 is 10.1. The fourth-order valence-electron chi connectivity index (χ4n) is 1.37. The van der Waals surface area contributed by atoms with E-state index in [0.717, 1.165) is 0 Å². The highest BCUT2D eigenvalue weighted by atomic mass is 32.1. The van der Waals surface area contributed by atoms with Crippen LogP contribution in [0.2, 0.25) is 0 Å². The van der Waals surface area contributed by atoms with Crippen molar-refractivity contribution in [2.75, 3.05) is 19.0 Å². The Hall–Kier alpha value is 0.110. The molecular formula is C8H16O6S. The van der Waals surface area contributed by atoms with Gasteiger partial charge in [-0.1, -0.05) is 0 Å². The minimum atomic E-state index is -1.39. The predicted octanol–water partition coefficient (Wildman–Crippen LogP) is -2.27. The third-order valence-electron chi connectivity index (χ3n) is 2.22. The maximum atomic E-state index is 9.48. The second-order valence-electron chi connectivity index (χ2n) is 3.29. The average molecular weight is 240 g/mol. The normalized spacial score (nSPS) is 41.8. The van der Waals surface area contributed by atoms with Gasteiger partial charge in [-0.2, -0.15) is 12.6 Å². The lowest BCUT2D eigenvalue weighted by molar-refractivity contribution is -0.299. The molecule has 0 aromatic carbocycles. The number of aliphatic hydroxyl groups excluding tert-OH is 4. The second-order valence-corrected chi connectivity index (χ2v) is 3.74. The third-order valence-corrected chi connectivity index (χ3v) is 2.40. The number of thiol groups is 1. The zero-order valence-electron chi connectivity index (χ0n) is 8.06. The van der Waals surface area contributed by atoms with Gasteiger partial charge >= 0.3 is 0 Å². The van der Waals surface area contributed by atoms with Crippen LogP contribution in [0.15, 0.2) is 0 Å². The molecule has 15 heavy (non-hydrogen) atoms. The van der Waals surface area contributed by atoms with E-state index in [2.05, 4.69) is 12.6 Å². The highest BCUT2D eigenvalue weighted by Crippen LogP contribution is 2.21. The molecule has 0 spiro atoms. The molecule has 0 aromatic heterocycles. The van der Waals surface area contributed by atoms with Gasteiger partial charge in [0.1, 0.15) is 24.4 Å². The maximum Gasteiger partial charge on any atom is 0.186 e. The van der Waals surface area contributed by atoms with E-state index in [0.29, 0.717) is 5.75 Å². The summed E-state index contributed by atoms with van der Waals surface area (Å²) in [6, 6.07) is 0. The van der Waals surface area contributed by atoms with Crippen molar-refractivity contribution < 1.29 is 29.9 Å². The monoisotopic (exact) mass is 240 g/mol. The smallest absolute Gasteiger partial charge is 0.186 e. The molecular weight excluding hydrogens is 224 g/mol. The fraction of sp³-hybridized carbons (Fsp3) is 1.00. The Morgan fingerprint density at radius 1 is 1.13 bits per heavy atom. The van der Waals surface area contributed by atoms with Crippen LogP contribution in [-0.4, -0.2) is 70.1 Å². The summed E-state index contributed by atoms with van der Waals surface area (Å²) in [5.74, 6) is 0.440. The molecule has 90 valence electrons.